The van der Waals surface area contributed by atoms with Gasteiger partial charge in [0.15, 0.2) is 0 Å². The van der Waals surface area contributed by atoms with Crippen LogP contribution in [-0.4, -0.2) is 11.0 Å². The van der Waals surface area contributed by atoms with Crippen LogP contribution >= 0.6 is 11.3 Å². The van der Waals surface area contributed by atoms with Crippen molar-refractivity contribution in [1.82, 2.24) is 5.32 Å². The maximum atomic E-state index is 10.5. The fraction of sp³-hybridized carbons (Fsp3) is 0.500. The maximum Gasteiger partial charge on any atom is 0.324 e. The van der Waals surface area contributed by atoms with E-state index in [0.717, 1.165) is 23.3 Å². The van der Waals surface area contributed by atoms with E-state index < -0.39 is 0 Å². The van der Waals surface area contributed by atoms with E-state index in [-0.39, 0.29) is 16.0 Å². The summed E-state index contributed by atoms with van der Waals surface area (Å²) in [6.45, 7) is 2.58. The molecule has 1 N–H and O–H groups in total. The lowest BCUT2D eigenvalue weighted by Crippen LogP contribution is -2.27. The van der Waals surface area contributed by atoms with Crippen molar-refractivity contribution >= 4 is 16.3 Å². The van der Waals surface area contributed by atoms with Gasteiger partial charge in [-0.3, -0.25) is 10.1 Å². The number of nitrogens with zero attached hydrogens (tertiary/aromatic N) is 2. The molecule has 0 bridgehead atoms. The smallest absolute Gasteiger partial charge is 0.309 e. The molecule has 86 valence electrons. The Morgan fingerprint density at radius 3 is 3.00 bits per heavy atom. The fourth-order valence-electron chi connectivity index (χ4n) is 1.28. The molecule has 0 aliphatic carbocycles. The van der Waals surface area contributed by atoms with Crippen molar-refractivity contribution in [3.8, 4) is 6.07 Å². The minimum atomic E-state index is -0.388. The summed E-state index contributed by atoms with van der Waals surface area (Å²) in [6, 6.07) is 3.83. The summed E-state index contributed by atoms with van der Waals surface area (Å²) in [6.07, 6.45) is 1.34. The van der Waals surface area contributed by atoms with Crippen LogP contribution in [0.5, 0.6) is 0 Å². The molecule has 1 atom stereocenters. The Bertz CT molecular complexity index is 397. The van der Waals surface area contributed by atoms with Crippen LogP contribution in [-0.2, 0) is 6.54 Å². The summed E-state index contributed by atoms with van der Waals surface area (Å²) >= 11 is 1.13. The number of nitrogens with one attached hydrogen (secondary N) is 1. The van der Waals surface area contributed by atoms with Crippen molar-refractivity contribution in [2.24, 2.45) is 0 Å². The van der Waals surface area contributed by atoms with Crippen molar-refractivity contribution in [3.05, 3.63) is 27.1 Å². The highest BCUT2D eigenvalue weighted by Crippen LogP contribution is 2.22. The molecule has 0 saturated heterocycles. The van der Waals surface area contributed by atoms with Crippen LogP contribution in [0.1, 0.15) is 25.3 Å². The number of thiophene rings is 1. The first kappa shape index (κ1) is 12.6. The van der Waals surface area contributed by atoms with Crippen LogP contribution in [0, 0.1) is 21.4 Å². The van der Waals surface area contributed by atoms with Gasteiger partial charge in [-0.05, 0) is 12.0 Å². The van der Waals surface area contributed by atoms with Crippen molar-refractivity contribution in [2.75, 3.05) is 0 Å². The van der Waals surface area contributed by atoms with E-state index in [1.807, 2.05) is 6.92 Å². The summed E-state index contributed by atoms with van der Waals surface area (Å²) in [5, 5.41) is 24.2. The first-order valence-electron chi connectivity index (χ1n) is 4.99. The summed E-state index contributed by atoms with van der Waals surface area (Å²) < 4.78 is 0. The molecule has 1 unspecified atom stereocenters. The zero-order valence-corrected chi connectivity index (χ0v) is 9.79. The SMILES string of the molecule is CCC(CC#N)NCc1csc([N+](=O)[O-])c1. The van der Waals surface area contributed by atoms with Crippen LogP contribution in [0.4, 0.5) is 5.00 Å². The predicted molar refractivity (Wildman–Crippen MR) is 62.1 cm³/mol. The van der Waals surface area contributed by atoms with Gasteiger partial charge in [-0.25, -0.2) is 0 Å². The summed E-state index contributed by atoms with van der Waals surface area (Å²) in [4.78, 5) is 10.1. The zero-order chi connectivity index (χ0) is 12.0. The normalized spacial score (nSPS) is 12.0. The minimum absolute atomic E-state index is 0.156. The fourth-order valence-corrected chi connectivity index (χ4v) is 2.01. The Morgan fingerprint density at radius 2 is 2.50 bits per heavy atom. The van der Waals surface area contributed by atoms with Crippen molar-refractivity contribution in [2.45, 2.75) is 32.4 Å². The van der Waals surface area contributed by atoms with Gasteiger partial charge in [-0.1, -0.05) is 18.3 Å². The monoisotopic (exact) mass is 239 g/mol. The predicted octanol–water partition coefficient (Wildman–Crippen LogP) is 2.44. The summed E-state index contributed by atoms with van der Waals surface area (Å²) in [5.41, 5.74) is 0.896. The molecule has 0 amide bonds. The van der Waals surface area contributed by atoms with Crippen LogP contribution in [0.25, 0.3) is 0 Å². The van der Waals surface area contributed by atoms with E-state index in [2.05, 4.69) is 11.4 Å². The van der Waals surface area contributed by atoms with E-state index in [1.165, 1.54) is 0 Å². The van der Waals surface area contributed by atoms with E-state index in [1.54, 1.807) is 11.4 Å². The van der Waals surface area contributed by atoms with E-state index in [4.69, 9.17) is 5.26 Å². The van der Waals surface area contributed by atoms with Gasteiger partial charge < -0.3 is 5.32 Å². The summed E-state index contributed by atoms with van der Waals surface area (Å²) in [5.74, 6) is 0. The quantitative estimate of drug-likeness (QED) is 0.610. The van der Waals surface area contributed by atoms with Crippen LogP contribution in [0.3, 0.4) is 0 Å². The third-order valence-electron chi connectivity index (χ3n) is 2.25. The topological polar surface area (TPSA) is 79.0 Å². The molecular formula is C10H13N3O2S. The second-order valence-electron chi connectivity index (χ2n) is 3.40. The molecule has 1 heterocycles. The van der Waals surface area contributed by atoms with Gasteiger partial charge in [-0.2, -0.15) is 5.26 Å². The average Bonchev–Trinajstić information content (AvgIpc) is 2.73. The highest BCUT2D eigenvalue weighted by molar-refractivity contribution is 7.13. The molecule has 16 heavy (non-hydrogen) atoms. The molecule has 0 saturated carbocycles. The Balaban J connectivity index is 2.47. The van der Waals surface area contributed by atoms with Gasteiger partial charge in [0.05, 0.1) is 17.4 Å². The van der Waals surface area contributed by atoms with Crippen LogP contribution in [0.15, 0.2) is 11.4 Å². The van der Waals surface area contributed by atoms with Crippen LogP contribution < -0.4 is 5.32 Å². The Morgan fingerprint density at radius 1 is 1.75 bits per heavy atom. The molecular weight excluding hydrogens is 226 g/mol. The number of nitro groups is 1. The highest BCUT2D eigenvalue weighted by Gasteiger charge is 2.10. The third-order valence-corrected chi connectivity index (χ3v) is 3.17. The third kappa shape index (κ3) is 3.61. The van der Waals surface area contributed by atoms with Crippen molar-refractivity contribution in [1.29, 1.82) is 5.26 Å². The van der Waals surface area contributed by atoms with Crippen LogP contribution in [0.2, 0.25) is 0 Å². The lowest BCUT2D eigenvalue weighted by atomic mass is 10.1. The molecule has 0 aromatic carbocycles. The minimum Gasteiger partial charge on any atom is -0.309 e. The number of hydrogen-bond donors (Lipinski definition) is 1. The first-order valence-corrected chi connectivity index (χ1v) is 5.87. The van der Waals surface area contributed by atoms with E-state index >= 15 is 0 Å². The molecule has 0 fully saturated rings. The van der Waals surface area contributed by atoms with E-state index in [0.29, 0.717) is 13.0 Å². The molecule has 0 spiro atoms. The number of nitriles is 1. The number of hydrogen-bond acceptors (Lipinski definition) is 5. The Kier molecular flexibility index (Phi) is 4.89. The zero-order valence-electron chi connectivity index (χ0n) is 8.97. The molecule has 0 aliphatic rings. The van der Waals surface area contributed by atoms with Gasteiger partial charge in [0, 0.05) is 24.0 Å². The molecule has 0 radical (unpaired) electrons. The Labute approximate surface area is 97.9 Å². The van der Waals surface area contributed by atoms with Crippen molar-refractivity contribution < 1.29 is 4.92 Å². The molecule has 1 aromatic rings. The Hall–Kier alpha value is -1.45. The van der Waals surface area contributed by atoms with Gasteiger partial charge >= 0.3 is 5.00 Å². The average molecular weight is 239 g/mol. The van der Waals surface area contributed by atoms with E-state index in [9.17, 15) is 10.1 Å². The van der Waals surface area contributed by atoms with Gasteiger partial charge in [0.1, 0.15) is 0 Å². The van der Waals surface area contributed by atoms with Gasteiger partial charge in [-0.15, -0.1) is 0 Å². The van der Waals surface area contributed by atoms with Gasteiger partial charge in [0.25, 0.3) is 0 Å². The molecule has 0 aliphatic heterocycles. The second-order valence-corrected chi connectivity index (χ2v) is 4.29. The second kappa shape index (κ2) is 6.20. The van der Waals surface area contributed by atoms with Gasteiger partial charge in [0.2, 0.25) is 0 Å². The number of rotatable bonds is 6. The summed E-state index contributed by atoms with van der Waals surface area (Å²) in [7, 11) is 0. The molecule has 1 rings (SSSR count). The molecule has 6 heteroatoms. The first-order chi connectivity index (χ1) is 7.67. The maximum absolute atomic E-state index is 10.5. The molecule has 1 aromatic heterocycles. The largest absolute Gasteiger partial charge is 0.324 e. The lowest BCUT2D eigenvalue weighted by Gasteiger charge is -2.11. The molecule has 5 nitrogen and oxygen atoms in total. The highest BCUT2D eigenvalue weighted by atomic mass is 32.1. The standard InChI is InChI=1S/C10H13N3O2S/c1-2-9(3-4-11)12-6-8-5-10(13(14)15)16-7-8/h5,7,9,12H,2-3,6H2,1H3. The van der Waals surface area contributed by atoms with Crippen molar-refractivity contribution in [3.63, 3.8) is 0 Å². The lowest BCUT2D eigenvalue weighted by molar-refractivity contribution is -0.380.